The molecule has 2 aromatic carbocycles. The van der Waals surface area contributed by atoms with Crippen molar-refractivity contribution in [3.63, 3.8) is 0 Å². The van der Waals surface area contributed by atoms with Crippen molar-refractivity contribution in [1.29, 1.82) is 0 Å². The molecule has 0 unspecified atom stereocenters. The van der Waals surface area contributed by atoms with Gasteiger partial charge in [0.1, 0.15) is 5.82 Å². The van der Waals surface area contributed by atoms with Gasteiger partial charge < -0.3 is 15.1 Å². The zero-order valence-electron chi connectivity index (χ0n) is 20.3. The highest BCUT2D eigenvalue weighted by Gasteiger charge is 2.27. The first kappa shape index (κ1) is 24.6. The number of aromatic nitrogens is 4. The van der Waals surface area contributed by atoms with E-state index in [1.807, 2.05) is 4.90 Å². The number of fused-ring (bicyclic) bond motifs is 1. The van der Waals surface area contributed by atoms with Crippen molar-refractivity contribution in [1.82, 2.24) is 23.6 Å². The molecule has 3 heterocycles. The number of hydrogen-bond acceptors (Lipinski definition) is 5. The van der Waals surface area contributed by atoms with Gasteiger partial charge in [0, 0.05) is 51.0 Å². The number of nitrogens with one attached hydrogen (secondary N) is 1. The van der Waals surface area contributed by atoms with Gasteiger partial charge in [-0.2, -0.15) is 4.98 Å². The molecule has 0 bridgehead atoms. The minimum absolute atomic E-state index is 0.224. The molecule has 1 N–H and O–H groups in total. The summed E-state index contributed by atoms with van der Waals surface area (Å²) in [4.78, 5) is 46.8. The number of imidazole rings is 1. The maximum atomic E-state index is 13.5. The summed E-state index contributed by atoms with van der Waals surface area (Å²) >= 11 is 5.92. The van der Waals surface area contributed by atoms with Gasteiger partial charge >= 0.3 is 11.7 Å². The van der Waals surface area contributed by atoms with E-state index < -0.39 is 11.2 Å². The lowest BCUT2D eigenvalue weighted by molar-refractivity contribution is 0.208. The average Bonchev–Trinajstić information content (AvgIpc) is 3.28. The number of amides is 2. The van der Waals surface area contributed by atoms with E-state index in [1.165, 1.54) is 23.7 Å². The Kier molecular flexibility index (Phi) is 6.46. The SMILES string of the molecule is Cn1c(=O)c2c(nc(N3CCN(C(=O)Nc4ccc(Cl)cc4)CC3)n2Cc2ccc(F)cc2)n(C)c1=O. The Morgan fingerprint density at radius 1 is 0.973 bits per heavy atom. The maximum Gasteiger partial charge on any atom is 0.332 e. The van der Waals surface area contributed by atoms with Crippen molar-refractivity contribution in [3.8, 4) is 0 Å². The number of hydrogen-bond donors (Lipinski definition) is 1. The molecule has 0 aliphatic carbocycles. The van der Waals surface area contributed by atoms with Crippen LogP contribution in [0.15, 0.2) is 58.1 Å². The van der Waals surface area contributed by atoms with E-state index in [0.29, 0.717) is 42.8 Å². The number of nitrogens with zero attached hydrogens (tertiary/aromatic N) is 6. The van der Waals surface area contributed by atoms with E-state index in [4.69, 9.17) is 16.6 Å². The molecule has 0 spiro atoms. The first-order valence-corrected chi connectivity index (χ1v) is 12.1. The third kappa shape index (κ3) is 4.69. The predicted octanol–water partition coefficient (Wildman–Crippen LogP) is 2.63. The minimum Gasteiger partial charge on any atom is -0.339 e. The number of rotatable bonds is 4. The monoisotopic (exact) mass is 525 g/mol. The quantitative estimate of drug-likeness (QED) is 0.442. The molecule has 1 saturated heterocycles. The highest BCUT2D eigenvalue weighted by molar-refractivity contribution is 6.30. The highest BCUT2D eigenvalue weighted by Crippen LogP contribution is 2.23. The van der Waals surface area contributed by atoms with E-state index in [2.05, 4.69) is 5.32 Å². The molecule has 0 radical (unpaired) electrons. The summed E-state index contributed by atoms with van der Waals surface area (Å²) in [6.45, 7) is 2.05. The Labute approximate surface area is 216 Å². The largest absolute Gasteiger partial charge is 0.339 e. The highest BCUT2D eigenvalue weighted by atomic mass is 35.5. The summed E-state index contributed by atoms with van der Waals surface area (Å²) in [7, 11) is 3.00. The van der Waals surface area contributed by atoms with E-state index in [0.717, 1.165) is 10.1 Å². The lowest BCUT2D eigenvalue weighted by atomic mass is 10.2. The Morgan fingerprint density at radius 2 is 1.62 bits per heavy atom. The second kappa shape index (κ2) is 9.74. The maximum absolute atomic E-state index is 13.5. The van der Waals surface area contributed by atoms with Crippen molar-refractivity contribution in [2.75, 3.05) is 36.4 Å². The third-order valence-electron chi connectivity index (χ3n) is 6.53. The van der Waals surface area contributed by atoms with Crippen molar-refractivity contribution in [3.05, 3.63) is 85.8 Å². The fraction of sp³-hybridized carbons (Fsp3) is 0.280. The molecule has 12 heteroatoms. The van der Waals surface area contributed by atoms with Crippen molar-refractivity contribution < 1.29 is 9.18 Å². The fourth-order valence-corrected chi connectivity index (χ4v) is 4.57. The Morgan fingerprint density at radius 3 is 2.27 bits per heavy atom. The molecular formula is C25H25ClFN7O3. The number of carbonyl (C=O) groups is 1. The summed E-state index contributed by atoms with van der Waals surface area (Å²) in [5.41, 5.74) is 1.05. The molecule has 5 rings (SSSR count). The van der Waals surface area contributed by atoms with Crippen LogP contribution in [-0.4, -0.2) is 55.8 Å². The molecule has 1 fully saturated rings. The van der Waals surface area contributed by atoms with Crippen molar-refractivity contribution in [2.24, 2.45) is 14.1 Å². The molecule has 2 amide bonds. The minimum atomic E-state index is -0.473. The molecule has 1 aliphatic rings. The number of carbonyl (C=O) groups excluding carboxylic acids is 1. The molecule has 0 saturated carbocycles. The molecule has 10 nitrogen and oxygen atoms in total. The van der Waals surface area contributed by atoms with Gasteiger partial charge in [0.15, 0.2) is 11.2 Å². The van der Waals surface area contributed by atoms with Gasteiger partial charge in [-0.25, -0.2) is 14.0 Å². The fourth-order valence-electron chi connectivity index (χ4n) is 4.44. The van der Waals surface area contributed by atoms with E-state index in [1.54, 1.807) is 52.9 Å². The number of piperazine rings is 1. The Balaban J connectivity index is 1.44. The van der Waals surface area contributed by atoms with Crippen molar-refractivity contribution >= 4 is 40.4 Å². The molecule has 192 valence electrons. The predicted molar refractivity (Wildman–Crippen MR) is 140 cm³/mol. The Bertz CT molecular complexity index is 1580. The van der Waals surface area contributed by atoms with Crippen LogP contribution in [0.4, 0.5) is 20.8 Å². The van der Waals surface area contributed by atoms with Crippen LogP contribution < -0.4 is 21.5 Å². The van der Waals surface area contributed by atoms with Crippen LogP contribution >= 0.6 is 11.6 Å². The number of benzene rings is 2. The number of urea groups is 1. The van der Waals surface area contributed by atoms with Crippen LogP contribution in [0.1, 0.15) is 5.56 Å². The molecule has 37 heavy (non-hydrogen) atoms. The molecule has 1 aliphatic heterocycles. The van der Waals surface area contributed by atoms with Gasteiger partial charge in [-0.3, -0.25) is 18.5 Å². The zero-order valence-corrected chi connectivity index (χ0v) is 21.1. The van der Waals surface area contributed by atoms with Gasteiger partial charge in [-0.05, 0) is 42.0 Å². The topological polar surface area (TPSA) is 97.4 Å². The molecule has 2 aromatic heterocycles. The van der Waals surface area contributed by atoms with E-state index >= 15 is 0 Å². The first-order chi connectivity index (χ1) is 17.7. The van der Waals surface area contributed by atoms with Crippen LogP contribution in [0.25, 0.3) is 11.2 Å². The average molecular weight is 526 g/mol. The molecular weight excluding hydrogens is 501 g/mol. The smallest absolute Gasteiger partial charge is 0.332 e. The van der Waals surface area contributed by atoms with Gasteiger partial charge in [0.05, 0.1) is 6.54 Å². The van der Waals surface area contributed by atoms with Gasteiger partial charge in [-0.1, -0.05) is 23.7 Å². The van der Waals surface area contributed by atoms with Gasteiger partial charge in [-0.15, -0.1) is 0 Å². The van der Waals surface area contributed by atoms with Crippen LogP contribution in [0, 0.1) is 5.82 Å². The number of halogens is 2. The standard InChI is InChI=1S/C25H25ClFN7O3/c1-30-21-20(22(35)31(2)25(30)37)34(15-16-3-7-18(27)8-4-16)23(29-21)32-11-13-33(14-12-32)24(36)28-19-9-5-17(26)6-10-19/h3-10H,11-15H2,1-2H3,(H,28,36). The lowest BCUT2D eigenvalue weighted by Gasteiger charge is -2.35. The summed E-state index contributed by atoms with van der Waals surface area (Å²) in [5.74, 6) is 0.154. The number of anilines is 2. The third-order valence-corrected chi connectivity index (χ3v) is 6.78. The summed E-state index contributed by atoms with van der Waals surface area (Å²) in [6, 6.07) is 12.7. The summed E-state index contributed by atoms with van der Waals surface area (Å²) in [6.07, 6.45) is 0. The molecule has 4 aromatic rings. The van der Waals surface area contributed by atoms with Gasteiger partial charge in [0.25, 0.3) is 5.56 Å². The van der Waals surface area contributed by atoms with E-state index in [9.17, 15) is 18.8 Å². The summed E-state index contributed by atoms with van der Waals surface area (Å²) in [5, 5.41) is 3.45. The zero-order chi connectivity index (χ0) is 26.3. The normalized spacial score (nSPS) is 13.8. The van der Waals surface area contributed by atoms with Crippen LogP contribution in [0.5, 0.6) is 0 Å². The van der Waals surface area contributed by atoms with Gasteiger partial charge in [0.2, 0.25) is 5.95 Å². The number of aryl methyl sites for hydroxylation is 1. The summed E-state index contributed by atoms with van der Waals surface area (Å²) < 4.78 is 17.6. The Hall–Kier alpha value is -4.12. The lowest BCUT2D eigenvalue weighted by Crippen LogP contribution is -2.50. The first-order valence-electron chi connectivity index (χ1n) is 11.7. The molecule has 0 atom stereocenters. The second-order valence-corrected chi connectivity index (χ2v) is 9.35. The van der Waals surface area contributed by atoms with Crippen LogP contribution in [0.3, 0.4) is 0 Å². The van der Waals surface area contributed by atoms with Crippen LogP contribution in [0.2, 0.25) is 5.02 Å². The van der Waals surface area contributed by atoms with E-state index in [-0.39, 0.29) is 29.6 Å². The van der Waals surface area contributed by atoms with Crippen LogP contribution in [-0.2, 0) is 20.6 Å². The van der Waals surface area contributed by atoms with Crippen molar-refractivity contribution in [2.45, 2.75) is 6.54 Å². The second-order valence-electron chi connectivity index (χ2n) is 8.91.